The van der Waals surface area contributed by atoms with E-state index in [1.54, 1.807) is 6.20 Å². The van der Waals surface area contributed by atoms with E-state index in [9.17, 15) is 4.79 Å². The number of halogens is 1. The van der Waals surface area contributed by atoms with Gasteiger partial charge >= 0.3 is 0 Å². The molecule has 1 aromatic heterocycles. The fourth-order valence-electron chi connectivity index (χ4n) is 1.16. The van der Waals surface area contributed by atoms with Gasteiger partial charge in [-0.2, -0.15) is 0 Å². The lowest BCUT2D eigenvalue weighted by Gasteiger charge is -2.23. The molecule has 0 aliphatic rings. The summed E-state index contributed by atoms with van der Waals surface area (Å²) >= 11 is 5.74. The zero-order valence-corrected chi connectivity index (χ0v) is 10.6. The third kappa shape index (κ3) is 3.20. The van der Waals surface area contributed by atoms with Crippen LogP contribution in [0.15, 0.2) is 24.4 Å². The highest BCUT2D eigenvalue weighted by molar-refractivity contribution is 6.19. The smallest absolute Gasteiger partial charge is 0.227 e. The van der Waals surface area contributed by atoms with E-state index in [4.69, 9.17) is 11.6 Å². The summed E-state index contributed by atoms with van der Waals surface area (Å²) in [4.78, 5) is 16.0. The number of hydrogen-bond acceptors (Lipinski definition) is 2. The Balaban J connectivity index is 2.66. The third-order valence-electron chi connectivity index (χ3n) is 2.43. The molecule has 0 saturated carbocycles. The maximum atomic E-state index is 11.9. The van der Waals surface area contributed by atoms with Gasteiger partial charge in [-0.15, -0.1) is 11.6 Å². The Morgan fingerprint density at radius 1 is 1.56 bits per heavy atom. The monoisotopic (exact) mass is 240 g/mol. The predicted molar refractivity (Wildman–Crippen MR) is 65.3 cm³/mol. The average molecular weight is 241 g/mol. The lowest BCUT2D eigenvalue weighted by Crippen LogP contribution is -2.39. The third-order valence-corrected chi connectivity index (χ3v) is 3.10. The number of aromatic nitrogens is 1. The van der Waals surface area contributed by atoms with Crippen LogP contribution in [0.5, 0.6) is 0 Å². The molecule has 1 N–H and O–H groups in total. The first-order valence-corrected chi connectivity index (χ1v) is 5.78. The van der Waals surface area contributed by atoms with Crippen molar-refractivity contribution in [2.24, 2.45) is 5.41 Å². The van der Waals surface area contributed by atoms with E-state index in [-0.39, 0.29) is 11.9 Å². The summed E-state index contributed by atoms with van der Waals surface area (Å²) in [5.74, 6) is 0.244. The predicted octanol–water partition coefficient (Wildman–Crippen LogP) is 2.52. The van der Waals surface area contributed by atoms with Crippen LogP contribution in [0, 0.1) is 5.41 Å². The van der Waals surface area contributed by atoms with Gasteiger partial charge in [0.25, 0.3) is 0 Å². The highest BCUT2D eigenvalue weighted by atomic mass is 35.5. The Labute approximate surface area is 101 Å². The number of carbonyl (C=O) groups excluding carboxylic acids is 1. The van der Waals surface area contributed by atoms with Crippen LogP contribution in [-0.4, -0.2) is 16.8 Å². The molecule has 16 heavy (non-hydrogen) atoms. The standard InChI is InChI=1S/C12H17ClN2O/c1-9(10-6-4-5-7-14-10)15-11(16)12(2,3)8-13/h4-7,9H,8H2,1-3H3,(H,15,16)/t9-/m1/s1. The lowest BCUT2D eigenvalue weighted by atomic mass is 9.94. The summed E-state index contributed by atoms with van der Waals surface area (Å²) in [5.41, 5.74) is 0.297. The van der Waals surface area contributed by atoms with Crippen LogP contribution in [0.25, 0.3) is 0 Å². The topological polar surface area (TPSA) is 42.0 Å². The second-order valence-electron chi connectivity index (χ2n) is 4.47. The van der Waals surface area contributed by atoms with Gasteiger partial charge in [-0.3, -0.25) is 9.78 Å². The molecule has 4 heteroatoms. The second-order valence-corrected chi connectivity index (χ2v) is 4.73. The van der Waals surface area contributed by atoms with Gasteiger partial charge in [0.2, 0.25) is 5.91 Å². The summed E-state index contributed by atoms with van der Waals surface area (Å²) in [5, 5.41) is 2.90. The fraction of sp³-hybridized carbons (Fsp3) is 0.500. The first-order valence-electron chi connectivity index (χ1n) is 5.25. The molecule has 0 aliphatic carbocycles. The Morgan fingerprint density at radius 2 is 2.25 bits per heavy atom. The molecular formula is C12H17ClN2O. The summed E-state index contributed by atoms with van der Waals surface area (Å²) in [7, 11) is 0. The van der Waals surface area contributed by atoms with Gasteiger partial charge in [0.1, 0.15) is 0 Å². The second kappa shape index (κ2) is 5.30. The van der Waals surface area contributed by atoms with E-state index < -0.39 is 5.41 Å². The molecule has 0 aromatic carbocycles. The molecule has 3 nitrogen and oxygen atoms in total. The molecular weight excluding hydrogens is 224 g/mol. The van der Waals surface area contributed by atoms with Gasteiger partial charge in [0.05, 0.1) is 17.2 Å². The molecule has 0 fully saturated rings. The molecule has 0 unspecified atom stereocenters. The van der Waals surface area contributed by atoms with Crippen molar-refractivity contribution >= 4 is 17.5 Å². The molecule has 1 aromatic rings. The van der Waals surface area contributed by atoms with Crippen molar-refractivity contribution in [2.45, 2.75) is 26.8 Å². The van der Waals surface area contributed by atoms with Crippen molar-refractivity contribution in [3.63, 3.8) is 0 Å². The van der Waals surface area contributed by atoms with E-state index in [1.165, 1.54) is 0 Å². The lowest BCUT2D eigenvalue weighted by molar-refractivity contribution is -0.129. The summed E-state index contributed by atoms with van der Waals surface area (Å²) in [6.45, 7) is 5.55. The van der Waals surface area contributed by atoms with Crippen LogP contribution in [0.1, 0.15) is 32.5 Å². The van der Waals surface area contributed by atoms with E-state index in [1.807, 2.05) is 39.0 Å². The number of rotatable bonds is 4. The van der Waals surface area contributed by atoms with Crippen molar-refractivity contribution < 1.29 is 4.79 Å². The molecule has 1 amide bonds. The Morgan fingerprint density at radius 3 is 2.75 bits per heavy atom. The van der Waals surface area contributed by atoms with Gasteiger partial charge in [-0.05, 0) is 32.9 Å². The van der Waals surface area contributed by atoms with Crippen LogP contribution in [0.3, 0.4) is 0 Å². The number of carbonyl (C=O) groups is 1. The van der Waals surface area contributed by atoms with Gasteiger partial charge in [-0.25, -0.2) is 0 Å². The quantitative estimate of drug-likeness (QED) is 0.822. The molecule has 1 rings (SSSR count). The van der Waals surface area contributed by atoms with Crippen molar-refractivity contribution in [2.75, 3.05) is 5.88 Å². The largest absolute Gasteiger partial charge is 0.348 e. The summed E-state index contributed by atoms with van der Waals surface area (Å²) < 4.78 is 0. The molecule has 0 aliphatic heterocycles. The molecule has 88 valence electrons. The highest BCUT2D eigenvalue weighted by Gasteiger charge is 2.27. The number of pyridine rings is 1. The molecule has 0 spiro atoms. The normalized spacial score (nSPS) is 13.2. The van der Waals surface area contributed by atoms with Crippen molar-refractivity contribution in [1.82, 2.24) is 10.3 Å². The number of amides is 1. The molecule has 1 heterocycles. The Bertz CT molecular complexity index is 351. The van der Waals surface area contributed by atoms with E-state index >= 15 is 0 Å². The first-order chi connectivity index (χ1) is 7.47. The van der Waals surface area contributed by atoms with Gasteiger partial charge in [-0.1, -0.05) is 6.07 Å². The maximum absolute atomic E-state index is 11.9. The van der Waals surface area contributed by atoms with Crippen LogP contribution < -0.4 is 5.32 Å². The van der Waals surface area contributed by atoms with Crippen LogP contribution in [0.2, 0.25) is 0 Å². The molecule has 0 saturated heterocycles. The Kier molecular flexibility index (Phi) is 4.30. The number of alkyl halides is 1. The maximum Gasteiger partial charge on any atom is 0.227 e. The fourth-order valence-corrected chi connectivity index (χ4v) is 1.28. The van der Waals surface area contributed by atoms with E-state index in [0.717, 1.165) is 5.69 Å². The zero-order valence-electron chi connectivity index (χ0n) is 9.83. The van der Waals surface area contributed by atoms with E-state index in [2.05, 4.69) is 10.3 Å². The number of hydrogen-bond donors (Lipinski definition) is 1. The van der Waals surface area contributed by atoms with Crippen molar-refractivity contribution in [1.29, 1.82) is 0 Å². The first kappa shape index (κ1) is 13.0. The number of nitrogens with zero attached hydrogens (tertiary/aromatic N) is 1. The average Bonchev–Trinajstić information content (AvgIpc) is 2.30. The van der Waals surface area contributed by atoms with Crippen molar-refractivity contribution in [3.8, 4) is 0 Å². The SMILES string of the molecule is C[C@@H](NC(=O)C(C)(C)CCl)c1ccccn1. The van der Waals surface area contributed by atoms with Crippen LogP contribution in [-0.2, 0) is 4.79 Å². The molecule has 1 atom stereocenters. The Hall–Kier alpha value is -1.09. The van der Waals surface area contributed by atoms with Crippen LogP contribution >= 0.6 is 11.6 Å². The molecule has 0 radical (unpaired) electrons. The zero-order chi connectivity index (χ0) is 12.2. The van der Waals surface area contributed by atoms with E-state index in [0.29, 0.717) is 5.88 Å². The summed E-state index contributed by atoms with van der Waals surface area (Å²) in [6, 6.07) is 5.54. The minimum atomic E-state index is -0.551. The molecule has 0 bridgehead atoms. The minimum absolute atomic E-state index is 0.0550. The van der Waals surface area contributed by atoms with Gasteiger partial charge in [0.15, 0.2) is 0 Å². The van der Waals surface area contributed by atoms with Gasteiger partial charge < -0.3 is 5.32 Å². The summed E-state index contributed by atoms with van der Waals surface area (Å²) in [6.07, 6.45) is 1.71. The number of nitrogens with one attached hydrogen (secondary N) is 1. The van der Waals surface area contributed by atoms with Crippen LogP contribution in [0.4, 0.5) is 0 Å². The van der Waals surface area contributed by atoms with Gasteiger partial charge in [0, 0.05) is 12.1 Å². The van der Waals surface area contributed by atoms with Crippen molar-refractivity contribution in [3.05, 3.63) is 30.1 Å². The minimum Gasteiger partial charge on any atom is -0.348 e. The highest BCUT2D eigenvalue weighted by Crippen LogP contribution is 2.19.